The second kappa shape index (κ2) is 4.51. The Bertz CT molecular complexity index is 272. The molecule has 1 aromatic carbocycles. The Labute approximate surface area is 87.0 Å². The highest BCUT2D eigenvalue weighted by Gasteiger charge is 2.06. The van der Waals surface area contributed by atoms with Crippen molar-refractivity contribution in [2.45, 2.75) is 12.3 Å². The highest BCUT2D eigenvalue weighted by atomic mass is 79.9. The number of ether oxygens (including phenoxy) is 2. The Kier molecular flexibility index (Phi) is 3.60. The summed E-state index contributed by atoms with van der Waals surface area (Å²) in [6, 6.07) is 4.01. The van der Waals surface area contributed by atoms with Crippen molar-refractivity contribution in [2.24, 2.45) is 0 Å². The molecule has 3 heteroatoms. The maximum atomic E-state index is 5.23. The van der Waals surface area contributed by atoms with E-state index in [9.17, 15) is 0 Å². The van der Waals surface area contributed by atoms with Gasteiger partial charge in [0.05, 0.1) is 14.2 Å². The van der Waals surface area contributed by atoms with Crippen LogP contribution in [0.25, 0.3) is 0 Å². The predicted octanol–water partition coefficient (Wildman–Crippen LogP) is 2.91. The fourth-order valence-corrected chi connectivity index (χ4v) is 1.54. The molecule has 0 spiro atoms. The van der Waals surface area contributed by atoms with Gasteiger partial charge in [-0.15, -0.1) is 0 Å². The molecule has 2 nitrogen and oxygen atoms in total. The minimum absolute atomic E-state index is 0.806. The van der Waals surface area contributed by atoms with E-state index in [4.69, 9.17) is 9.47 Å². The SMILES string of the molecule is COc1cc(CBr)cc(OC)c1C. The normalized spacial score (nSPS) is 9.85. The Morgan fingerprint density at radius 1 is 1.15 bits per heavy atom. The van der Waals surface area contributed by atoms with Crippen LogP contribution in [0, 0.1) is 6.92 Å². The van der Waals surface area contributed by atoms with Gasteiger partial charge in [-0.25, -0.2) is 0 Å². The first kappa shape index (κ1) is 10.4. The van der Waals surface area contributed by atoms with E-state index in [0.29, 0.717) is 0 Å². The molecular formula is C10H13BrO2. The van der Waals surface area contributed by atoms with Crippen LogP contribution in [-0.4, -0.2) is 14.2 Å². The van der Waals surface area contributed by atoms with Crippen LogP contribution < -0.4 is 9.47 Å². The van der Waals surface area contributed by atoms with Gasteiger partial charge < -0.3 is 9.47 Å². The molecule has 13 heavy (non-hydrogen) atoms. The molecular weight excluding hydrogens is 232 g/mol. The van der Waals surface area contributed by atoms with Crippen molar-refractivity contribution in [1.82, 2.24) is 0 Å². The zero-order valence-electron chi connectivity index (χ0n) is 8.06. The van der Waals surface area contributed by atoms with Gasteiger partial charge in [0.1, 0.15) is 11.5 Å². The quantitative estimate of drug-likeness (QED) is 0.762. The monoisotopic (exact) mass is 244 g/mol. The molecule has 0 heterocycles. The van der Waals surface area contributed by atoms with E-state index in [1.165, 1.54) is 0 Å². The van der Waals surface area contributed by atoms with Crippen LogP contribution in [0.3, 0.4) is 0 Å². The predicted molar refractivity (Wildman–Crippen MR) is 56.9 cm³/mol. The first-order chi connectivity index (χ1) is 6.22. The van der Waals surface area contributed by atoms with Gasteiger partial charge in [0, 0.05) is 10.9 Å². The van der Waals surface area contributed by atoms with E-state index in [1.54, 1.807) is 14.2 Å². The molecule has 0 aliphatic heterocycles. The number of alkyl halides is 1. The van der Waals surface area contributed by atoms with Gasteiger partial charge in [0.15, 0.2) is 0 Å². The third kappa shape index (κ3) is 2.15. The molecule has 0 aromatic heterocycles. The second-order valence-electron chi connectivity index (χ2n) is 2.76. The van der Waals surface area contributed by atoms with Crippen LogP contribution >= 0.6 is 15.9 Å². The fourth-order valence-electron chi connectivity index (χ4n) is 1.22. The maximum absolute atomic E-state index is 5.23. The Morgan fingerprint density at radius 2 is 1.62 bits per heavy atom. The van der Waals surface area contributed by atoms with Crippen LogP contribution in [0.1, 0.15) is 11.1 Å². The summed E-state index contributed by atoms with van der Waals surface area (Å²) in [6.45, 7) is 1.98. The first-order valence-corrected chi connectivity index (χ1v) is 5.12. The molecule has 1 aromatic rings. The van der Waals surface area contributed by atoms with Crippen LogP contribution in [-0.2, 0) is 5.33 Å². The first-order valence-electron chi connectivity index (χ1n) is 4.00. The Morgan fingerprint density at radius 3 is 1.92 bits per heavy atom. The lowest BCUT2D eigenvalue weighted by Crippen LogP contribution is -1.94. The minimum atomic E-state index is 0.806. The second-order valence-corrected chi connectivity index (χ2v) is 3.32. The fraction of sp³-hybridized carbons (Fsp3) is 0.400. The van der Waals surface area contributed by atoms with Gasteiger partial charge in [0.2, 0.25) is 0 Å². The van der Waals surface area contributed by atoms with Gasteiger partial charge in [-0.2, -0.15) is 0 Å². The van der Waals surface area contributed by atoms with Crippen molar-refractivity contribution >= 4 is 15.9 Å². The Hall–Kier alpha value is -0.700. The van der Waals surface area contributed by atoms with Crippen LogP contribution in [0.5, 0.6) is 11.5 Å². The summed E-state index contributed by atoms with van der Waals surface area (Å²) in [5, 5.41) is 0.806. The van der Waals surface area contributed by atoms with Crippen molar-refractivity contribution in [3.8, 4) is 11.5 Å². The molecule has 0 amide bonds. The molecule has 0 N–H and O–H groups in total. The molecule has 0 saturated carbocycles. The van der Waals surface area contributed by atoms with E-state index in [1.807, 2.05) is 19.1 Å². The van der Waals surface area contributed by atoms with Gasteiger partial charge in [-0.1, -0.05) is 15.9 Å². The zero-order chi connectivity index (χ0) is 9.84. The van der Waals surface area contributed by atoms with Gasteiger partial charge in [-0.05, 0) is 24.6 Å². The standard InChI is InChI=1S/C10H13BrO2/c1-7-9(12-2)4-8(6-11)5-10(7)13-3/h4-5H,6H2,1-3H3. The molecule has 0 radical (unpaired) electrons. The number of rotatable bonds is 3. The van der Waals surface area contributed by atoms with Crippen molar-refractivity contribution in [2.75, 3.05) is 14.2 Å². The molecule has 0 atom stereocenters. The molecule has 0 saturated heterocycles. The lowest BCUT2D eigenvalue weighted by molar-refractivity contribution is 0.388. The van der Waals surface area contributed by atoms with E-state index < -0.39 is 0 Å². The molecule has 0 fully saturated rings. The van der Waals surface area contributed by atoms with Crippen LogP contribution in [0.4, 0.5) is 0 Å². The minimum Gasteiger partial charge on any atom is -0.496 e. The number of hydrogen-bond donors (Lipinski definition) is 0. The highest BCUT2D eigenvalue weighted by Crippen LogP contribution is 2.30. The number of halogens is 1. The summed E-state index contributed by atoms with van der Waals surface area (Å²) >= 11 is 3.40. The Balaban J connectivity index is 3.20. The van der Waals surface area contributed by atoms with Gasteiger partial charge >= 0.3 is 0 Å². The largest absolute Gasteiger partial charge is 0.496 e. The number of benzene rings is 1. The van der Waals surface area contributed by atoms with Crippen molar-refractivity contribution in [1.29, 1.82) is 0 Å². The molecule has 0 aliphatic carbocycles. The lowest BCUT2D eigenvalue weighted by atomic mass is 10.1. The summed E-state index contributed by atoms with van der Waals surface area (Å²) in [4.78, 5) is 0. The maximum Gasteiger partial charge on any atom is 0.125 e. The van der Waals surface area contributed by atoms with Crippen LogP contribution in [0.2, 0.25) is 0 Å². The summed E-state index contributed by atoms with van der Waals surface area (Å²) in [5.74, 6) is 1.74. The van der Waals surface area contributed by atoms with E-state index >= 15 is 0 Å². The van der Waals surface area contributed by atoms with Crippen molar-refractivity contribution in [3.05, 3.63) is 23.3 Å². The molecule has 0 unspecified atom stereocenters. The summed E-state index contributed by atoms with van der Waals surface area (Å²) in [7, 11) is 3.33. The number of methoxy groups -OCH3 is 2. The third-order valence-electron chi connectivity index (χ3n) is 1.97. The molecule has 72 valence electrons. The molecule has 0 bridgehead atoms. The number of hydrogen-bond acceptors (Lipinski definition) is 2. The molecule has 1 rings (SSSR count). The average Bonchev–Trinajstić information content (AvgIpc) is 2.18. The highest BCUT2D eigenvalue weighted by molar-refractivity contribution is 9.08. The van der Waals surface area contributed by atoms with E-state index in [0.717, 1.165) is 28.0 Å². The summed E-state index contributed by atoms with van der Waals surface area (Å²) < 4.78 is 10.5. The van der Waals surface area contributed by atoms with E-state index in [2.05, 4.69) is 15.9 Å². The molecule has 0 aliphatic rings. The lowest BCUT2D eigenvalue weighted by Gasteiger charge is -2.11. The summed E-state index contributed by atoms with van der Waals surface area (Å²) in [6.07, 6.45) is 0. The smallest absolute Gasteiger partial charge is 0.125 e. The van der Waals surface area contributed by atoms with Gasteiger partial charge in [0.25, 0.3) is 0 Å². The van der Waals surface area contributed by atoms with Crippen molar-refractivity contribution < 1.29 is 9.47 Å². The third-order valence-corrected chi connectivity index (χ3v) is 2.61. The summed E-state index contributed by atoms with van der Waals surface area (Å²) in [5.41, 5.74) is 2.19. The van der Waals surface area contributed by atoms with Crippen LogP contribution in [0.15, 0.2) is 12.1 Å². The van der Waals surface area contributed by atoms with Crippen molar-refractivity contribution in [3.63, 3.8) is 0 Å². The zero-order valence-corrected chi connectivity index (χ0v) is 9.64. The average molecular weight is 245 g/mol. The topological polar surface area (TPSA) is 18.5 Å². The van der Waals surface area contributed by atoms with Gasteiger partial charge in [-0.3, -0.25) is 0 Å². The van der Waals surface area contributed by atoms with E-state index in [-0.39, 0.29) is 0 Å².